The van der Waals surface area contributed by atoms with E-state index in [2.05, 4.69) is 46.5 Å². The van der Waals surface area contributed by atoms with E-state index >= 15 is 0 Å². The van der Waals surface area contributed by atoms with Crippen molar-refractivity contribution in [3.8, 4) is 0 Å². The Labute approximate surface area is 112 Å². The lowest BCUT2D eigenvalue weighted by Gasteiger charge is -2.17. The first kappa shape index (κ1) is 13.1. The second-order valence-corrected chi connectivity index (χ2v) is 4.92. The van der Waals surface area contributed by atoms with Gasteiger partial charge in [0.15, 0.2) is 0 Å². The molecule has 1 heterocycles. The van der Waals surface area contributed by atoms with Crippen LogP contribution >= 0.6 is 11.8 Å². The second kappa shape index (κ2) is 7.13. The van der Waals surface area contributed by atoms with E-state index in [9.17, 15) is 0 Å². The molecular formula is C14H17N3S. The van der Waals surface area contributed by atoms with E-state index < -0.39 is 0 Å². The molecule has 0 aliphatic heterocycles. The fraction of sp³-hybridized carbons (Fsp3) is 0.286. The zero-order valence-electron chi connectivity index (χ0n) is 10.4. The lowest BCUT2D eigenvalue weighted by molar-refractivity contribution is 0.606. The third kappa shape index (κ3) is 3.82. The van der Waals surface area contributed by atoms with Crippen LogP contribution in [-0.4, -0.2) is 22.3 Å². The van der Waals surface area contributed by atoms with Crippen LogP contribution in [0.2, 0.25) is 0 Å². The standard InChI is InChI=1S/C14H17N3S/c1-2-16-13(12-6-4-3-5-7-12)10-18-14-8-9-15-11-17-14/h3-9,11,13,16H,2,10H2,1H3. The van der Waals surface area contributed by atoms with Crippen LogP contribution in [0.1, 0.15) is 18.5 Å². The number of nitrogens with one attached hydrogen (secondary N) is 1. The number of nitrogens with zero attached hydrogens (tertiary/aromatic N) is 2. The van der Waals surface area contributed by atoms with Crippen molar-refractivity contribution >= 4 is 11.8 Å². The Hall–Kier alpha value is -1.39. The number of thioether (sulfide) groups is 1. The van der Waals surface area contributed by atoms with E-state index in [1.807, 2.05) is 12.1 Å². The lowest BCUT2D eigenvalue weighted by atomic mass is 10.1. The van der Waals surface area contributed by atoms with Gasteiger partial charge >= 0.3 is 0 Å². The van der Waals surface area contributed by atoms with Crippen LogP contribution in [-0.2, 0) is 0 Å². The zero-order chi connectivity index (χ0) is 12.6. The summed E-state index contributed by atoms with van der Waals surface area (Å²) in [5.74, 6) is 0.967. The molecule has 1 N–H and O–H groups in total. The van der Waals surface area contributed by atoms with E-state index in [1.165, 1.54) is 5.56 Å². The van der Waals surface area contributed by atoms with Gasteiger partial charge in [-0.1, -0.05) is 37.3 Å². The zero-order valence-corrected chi connectivity index (χ0v) is 11.2. The number of rotatable bonds is 6. The van der Waals surface area contributed by atoms with E-state index in [0.29, 0.717) is 6.04 Å². The molecule has 3 nitrogen and oxygen atoms in total. The van der Waals surface area contributed by atoms with E-state index in [-0.39, 0.29) is 0 Å². The molecule has 4 heteroatoms. The van der Waals surface area contributed by atoms with E-state index in [1.54, 1.807) is 24.3 Å². The van der Waals surface area contributed by atoms with E-state index in [0.717, 1.165) is 17.3 Å². The molecule has 18 heavy (non-hydrogen) atoms. The van der Waals surface area contributed by atoms with Crippen LogP contribution in [0, 0.1) is 0 Å². The highest BCUT2D eigenvalue weighted by molar-refractivity contribution is 7.99. The van der Waals surface area contributed by atoms with Gasteiger partial charge in [0.25, 0.3) is 0 Å². The van der Waals surface area contributed by atoms with Crippen molar-refractivity contribution in [1.29, 1.82) is 0 Å². The van der Waals surface area contributed by atoms with Crippen molar-refractivity contribution in [2.24, 2.45) is 0 Å². The predicted molar refractivity (Wildman–Crippen MR) is 75.6 cm³/mol. The maximum absolute atomic E-state index is 4.23. The maximum Gasteiger partial charge on any atom is 0.116 e. The van der Waals surface area contributed by atoms with Gasteiger partial charge in [0.2, 0.25) is 0 Å². The van der Waals surface area contributed by atoms with Gasteiger partial charge < -0.3 is 5.32 Å². The maximum atomic E-state index is 4.23. The molecule has 0 aliphatic carbocycles. The molecule has 0 bridgehead atoms. The van der Waals surface area contributed by atoms with Gasteiger partial charge in [0, 0.05) is 18.0 Å². The molecule has 94 valence electrons. The largest absolute Gasteiger partial charge is 0.309 e. The van der Waals surface area contributed by atoms with Crippen molar-refractivity contribution in [2.75, 3.05) is 12.3 Å². The molecule has 1 unspecified atom stereocenters. The van der Waals surface area contributed by atoms with Crippen LogP contribution in [0.15, 0.2) is 53.9 Å². The molecule has 0 spiro atoms. The summed E-state index contributed by atoms with van der Waals surface area (Å²) < 4.78 is 0. The molecule has 0 saturated heterocycles. The van der Waals surface area contributed by atoms with Crippen LogP contribution in [0.4, 0.5) is 0 Å². The summed E-state index contributed by atoms with van der Waals surface area (Å²) in [4.78, 5) is 8.16. The Morgan fingerprint density at radius 1 is 1.22 bits per heavy atom. The molecule has 0 amide bonds. The average molecular weight is 259 g/mol. The summed E-state index contributed by atoms with van der Waals surface area (Å²) in [6, 6.07) is 12.8. The Morgan fingerprint density at radius 3 is 2.72 bits per heavy atom. The molecule has 0 aliphatic rings. The van der Waals surface area contributed by atoms with Crippen molar-refractivity contribution in [3.05, 3.63) is 54.5 Å². The van der Waals surface area contributed by atoms with E-state index in [4.69, 9.17) is 0 Å². The third-order valence-electron chi connectivity index (χ3n) is 2.61. The summed E-state index contributed by atoms with van der Waals surface area (Å²) in [6.07, 6.45) is 3.37. The first-order chi connectivity index (χ1) is 8.90. The molecule has 0 radical (unpaired) electrons. The topological polar surface area (TPSA) is 37.8 Å². The first-order valence-corrected chi connectivity index (χ1v) is 7.06. The monoisotopic (exact) mass is 259 g/mol. The summed E-state index contributed by atoms with van der Waals surface area (Å²) in [5.41, 5.74) is 1.32. The van der Waals surface area contributed by atoms with Crippen molar-refractivity contribution in [2.45, 2.75) is 18.0 Å². The van der Waals surface area contributed by atoms with Crippen LogP contribution < -0.4 is 5.32 Å². The first-order valence-electron chi connectivity index (χ1n) is 6.07. The predicted octanol–water partition coefficient (Wildman–Crippen LogP) is 2.92. The Balaban J connectivity index is 1.99. The van der Waals surface area contributed by atoms with Crippen LogP contribution in [0.25, 0.3) is 0 Å². The number of hydrogen-bond donors (Lipinski definition) is 1. The van der Waals surface area contributed by atoms with Gasteiger partial charge in [-0.25, -0.2) is 9.97 Å². The van der Waals surface area contributed by atoms with Gasteiger partial charge in [-0.3, -0.25) is 0 Å². The molecule has 1 aromatic carbocycles. The molecule has 2 rings (SSSR count). The summed E-state index contributed by atoms with van der Waals surface area (Å²) >= 11 is 1.75. The van der Waals surface area contributed by atoms with Crippen LogP contribution in [0.3, 0.4) is 0 Å². The van der Waals surface area contributed by atoms with Gasteiger partial charge in [-0.15, -0.1) is 11.8 Å². The van der Waals surface area contributed by atoms with Crippen molar-refractivity contribution in [3.63, 3.8) is 0 Å². The Bertz CT molecular complexity index is 447. The molecule has 0 fully saturated rings. The van der Waals surface area contributed by atoms with Crippen molar-refractivity contribution < 1.29 is 0 Å². The minimum atomic E-state index is 0.358. The highest BCUT2D eigenvalue weighted by atomic mass is 32.2. The fourth-order valence-electron chi connectivity index (χ4n) is 1.74. The second-order valence-electron chi connectivity index (χ2n) is 3.88. The van der Waals surface area contributed by atoms with Gasteiger partial charge in [-0.05, 0) is 18.2 Å². The average Bonchev–Trinajstić information content (AvgIpc) is 2.45. The third-order valence-corrected chi connectivity index (χ3v) is 3.64. The summed E-state index contributed by atoms with van der Waals surface area (Å²) in [7, 11) is 0. The Kier molecular flexibility index (Phi) is 5.17. The smallest absolute Gasteiger partial charge is 0.116 e. The highest BCUT2D eigenvalue weighted by Crippen LogP contribution is 2.22. The molecule has 1 aromatic heterocycles. The van der Waals surface area contributed by atoms with Gasteiger partial charge in [0.05, 0.1) is 5.03 Å². The molecule has 1 atom stereocenters. The number of hydrogen-bond acceptors (Lipinski definition) is 4. The normalized spacial score (nSPS) is 12.3. The van der Waals surface area contributed by atoms with Gasteiger partial charge in [-0.2, -0.15) is 0 Å². The van der Waals surface area contributed by atoms with Gasteiger partial charge in [0.1, 0.15) is 6.33 Å². The highest BCUT2D eigenvalue weighted by Gasteiger charge is 2.10. The quantitative estimate of drug-likeness (QED) is 0.639. The fourth-order valence-corrected chi connectivity index (χ4v) is 2.66. The summed E-state index contributed by atoms with van der Waals surface area (Å²) in [5, 5.41) is 4.52. The van der Waals surface area contributed by atoms with Crippen molar-refractivity contribution in [1.82, 2.24) is 15.3 Å². The molecule has 0 saturated carbocycles. The summed E-state index contributed by atoms with van der Waals surface area (Å²) in [6.45, 7) is 3.09. The Morgan fingerprint density at radius 2 is 2.06 bits per heavy atom. The molecule has 2 aromatic rings. The lowest BCUT2D eigenvalue weighted by Crippen LogP contribution is -2.22. The number of aromatic nitrogens is 2. The minimum Gasteiger partial charge on any atom is -0.309 e. The van der Waals surface area contributed by atoms with Crippen LogP contribution in [0.5, 0.6) is 0 Å². The molecular weight excluding hydrogens is 242 g/mol. The number of benzene rings is 1. The SMILES string of the molecule is CCNC(CSc1ccncn1)c1ccccc1. The minimum absolute atomic E-state index is 0.358.